The zero-order valence-electron chi connectivity index (χ0n) is 11.5. The largest absolute Gasteiger partial charge is 0.416 e. The molecule has 0 aromatic heterocycles. The van der Waals surface area contributed by atoms with Gasteiger partial charge in [-0.3, -0.25) is 4.79 Å². The predicted molar refractivity (Wildman–Crippen MR) is 76.3 cm³/mol. The lowest BCUT2D eigenvalue weighted by molar-refractivity contribution is -0.137. The Balaban J connectivity index is 2.30. The van der Waals surface area contributed by atoms with Gasteiger partial charge in [-0.25, -0.2) is 8.42 Å². The number of aryl methyl sites for hydroxylation is 1. The molecule has 0 aliphatic carbocycles. The predicted octanol–water partition coefficient (Wildman–Crippen LogP) is 2.94. The first kappa shape index (κ1) is 17.1. The number of halogens is 4. The van der Waals surface area contributed by atoms with Gasteiger partial charge < -0.3 is 4.90 Å². The summed E-state index contributed by atoms with van der Waals surface area (Å²) in [5.41, 5.74) is -0.195. The lowest BCUT2D eigenvalue weighted by Crippen LogP contribution is -2.26. The SMILES string of the molecule is Cc1ccc(C(F)(F)F)cc1N1CC(CS(=O)(=O)Cl)CC1=O. The maximum Gasteiger partial charge on any atom is 0.416 e. The van der Waals surface area contributed by atoms with E-state index in [4.69, 9.17) is 10.7 Å². The normalized spacial score (nSPS) is 19.8. The van der Waals surface area contributed by atoms with Gasteiger partial charge in [0.15, 0.2) is 0 Å². The molecule has 1 aromatic carbocycles. The molecule has 1 aromatic rings. The standard InChI is InChI=1S/C13H13ClF3NO3S/c1-8-2-3-10(13(15,16)17)5-11(8)18-6-9(4-12(18)19)7-22(14,20)21/h2-3,5,9H,4,6-7H2,1H3. The van der Waals surface area contributed by atoms with Crippen molar-refractivity contribution in [2.24, 2.45) is 5.92 Å². The van der Waals surface area contributed by atoms with Crippen molar-refractivity contribution in [1.29, 1.82) is 0 Å². The zero-order chi connectivity index (χ0) is 16.7. The maximum absolute atomic E-state index is 12.8. The molecule has 1 aliphatic rings. The third-order valence-electron chi connectivity index (χ3n) is 3.47. The number of alkyl halides is 3. The Morgan fingerprint density at radius 2 is 2.00 bits per heavy atom. The summed E-state index contributed by atoms with van der Waals surface area (Å²) in [6, 6.07) is 3.14. The van der Waals surface area contributed by atoms with E-state index in [1.165, 1.54) is 11.0 Å². The highest BCUT2D eigenvalue weighted by Crippen LogP contribution is 2.35. The Kier molecular flexibility index (Phi) is 4.45. The van der Waals surface area contributed by atoms with Gasteiger partial charge in [0.25, 0.3) is 0 Å². The van der Waals surface area contributed by atoms with E-state index in [1.54, 1.807) is 6.92 Å². The average molecular weight is 356 g/mol. The van der Waals surface area contributed by atoms with E-state index in [0.717, 1.165) is 12.1 Å². The number of hydrogen-bond donors (Lipinski definition) is 0. The summed E-state index contributed by atoms with van der Waals surface area (Å²) in [7, 11) is 1.40. The highest BCUT2D eigenvalue weighted by atomic mass is 35.7. The molecule has 1 unspecified atom stereocenters. The molecule has 1 heterocycles. The lowest BCUT2D eigenvalue weighted by Gasteiger charge is -2.20. The zero-order valence-corrected chi connectivity index (χ0v) is 13.1. The van der Waals surface area contributed by atoms with Crippen LogP contribution in [0.3, 0.4) is 0 Å². The van der Waals surface area contributed by atoms with Crippen molar-refractivity contribution in [2.45, 2.75) is 19.5 Å². The minimum atomic E-state index is -4.51. The molecule has 22 heavy (non-hydrogen) atoms. The summed E-state index contributed by atoms with van der Waals surface area (Å²) < 4.78 is 60.5. The highest BCUT2D eigenvalue weighted by molar-refractivity contribution is 8.13. The molecule has 1 atom stereocenters. The van der Waals surface area contributed by atoms with E-state index in [2.05, 4.69) is 0 Å². The molecule has 0 bridgehead atoms. The van der Waals surface area contributed by atoms with Crippen LogP contribution in [0.5, 0.6) is 0 Å². The van der Waals surface area contributed by atoms with Gasteiger partial charge in [-0.2, -0.15) is 13.2 Å². The van der Waals surface area contributed by atoms with Crippen LogP contribution in [0.4, 0.5) is 18.9 Å². The van der Waals surface area contributed by atoms with Crippen LogP contribution in [0.25, 0.3) is 0 Å². The van der Waals surface area contributed by atoms with Crippen molar-refractivity contribution in [2.75, 3.05) is 17.2 Å². The van der Waals surface area contributed by atoms with Crippen molar-refractivity contribution in [3.05, 3.63) is 29.3 Å². The molecular weight excluding hydrogens is 343 g/mol. The summed E-state index contributed by atoms with van der Waals surface area (Å²) in [6.07, 6.45) is -4.56. The molecule has 9 heteroatoms. The van der Waals surface area contributed by atoms with Gasteiger partial charge in [0, 0.05) is 35.3 Å². The number of rotatable bonds is 3. The molecule has 1 aliphatic heterocycles. The summed E-state index contributed by atoms with van der Waals surface area (Å²) in [5, 5.41) is 0. The van der Waals surface area contributed by atoms with Gasteiger partial charge in [0.2, 0.25) is 15.0 Å². The van der Waals surface area contributed by atoms with Gasteiger partial charge in [-0.15, -0.1) is 0 Å². The molecule has 4 nitrogen and oxygen atoms in total. The van der Waals surface area contributed by atoms with Crippen LogP contribution >= 0.6 is 10.7 Å². The van der Waals surface area contributed by atoms with Crippen LogP contribution in [0.15, 0.2) is 18.2 Å². The van der Waals surface area contributed by atoms with Crippen molar-refractivity contribution in [1.82, 2.24) is 0 Å². The molecular formula is C13H13ClF3NO3S. The Morgan fingerprint density at radius 3 is 2.55 bits per heavy atom. The molecule has 2 rings (SSSR count). The van der Waals surface area contributed by atoms with Gasteiger partial charge in [0.1, 0.15) is 0 Å². The number of nitrogens with zero attached hydrogens (tertiary/aromatic N) is 1. The highest BCUT2D eigenvalue weighted by Gasteiger charge is 2.36. The van der Waals surface area contributed by atoms with Crippen LogP contribution in [-0.2, 0) is 20.0 Å². The number of carbonyl (C=O) groups excluding carboxylic acids is 1. The van der Waals surface area contributed by atoms with Crippen molar-refractivity contribution >= 4 is 31.3 Å². The Labute approximate surface area is 130 Å². The van der Waals surface area contributed by atoms with Crippen molar-refractivity contribution in [3.63, 3.8) is 0 Å². The molecule has 0 saturated carbocycles. The second-order valence-corrected chi connectivity index (χ2v) is 8.10. The summed E-state index contributed by atoms with van der Waals surface area (Å²) in [5.74, 6) is -1.31. The molecule has 0 spiro atoms. The number of carbonyl (C=O) groups is 1. The minimum absolute atomic E-state index is 0.0347. The molecule has 0 radical (unpaired) electrons. The number of benzene rings is 1. The van der Waals surface area contributed by atoms with Gasteiger partial charge in [-0.1, -0.05) is 6.07 Å². The third kappa shape index (κ3) is 3.92. The second kappa shape index (κ2) is 5.73. The Morgan fingerprint density at radius 1 is 1.36 bits per heavy atom. The van der Waals surface area contributed by atoms with Crippen LogP contribution in [0.2, 0.25) is 0 Å². The fourth-order valence-electron chi connectivity index (χ4n) is 2.48. The van der Waals surface area contributed by atoms with E-state index in [1.807, 2.05) is 0 Å². The van der Waals surface area contributed by atoms with E-state index in [0.29, 0.717) is 5.56 Å². The van der Waals surface area contributed by atoms with Crippen LogP contribution in [-0.4, -0.2) is 26.6 Å². The lowest BCUT2D eigenvalue weighted by atomic mass is 10.1. The summed E-state index contributed by atoms with van der Waals surface area (Å²) in [4.78, 5) is 13.2. The van der Waals surface area contributed by atoms with Gasteiger partial charge in [0.05, 0.1) is 11.3 Å². The fraction of sp³-hybridized carbons (Fsp3) is 0.462. The van der Waals surface area contributed by atoms with Crippen molar-refractivity contribution in [3.8, 4) is 0 Å². The van der Waals surface area contributed by atoms with Crippen LogP contribution < -0.4 is 4.90 Å². The molecule has 122 valence electrons. The Bertz CT molecular complexity index is 703. The van der Waals surface area contributed by atoms with E-state index < -0.39 is 32.6 Å². The Hall–Kier alpha value is -1.28. The number of amides is 1. The molecule has 1 saturated heterocycles. The van der Waals surface area contributed by atoms with E-state index in [9.17, 15) is 26.4 Å². The van der Waals surface area contributed by atoms with Crippen molar-refractivity contribution < 1.29 is 26.4 Å². The van der Waals surface area contributed by atoms with Gasteiger partial charge in [-0.05, 0) is 24.6 Å². The number of anilines is 1. The third-order valence-corrected chi connectivity index (χ3v) is 4.71. The monoisotopic (exact) mass is 355 g/mol. The first-order chi connectivity index (χ1) is 9.97. The molecule has 1 amide bonds. The average Bonchev–Trinajstić information content (AvgIpc) is 2.66. The number of hydrogen-bond acceptors (Lipinski definition) is 3. The fourth-order valence-corrected chi connectivity index (χ4v) is 3.80. The van der Waals surface area contributed by atoms with E-state index >= 15 is 0 Å². The van der Waals surface area contributed by atoms with Crippen LogP contribution in [0.1, 0.15) is 17.5 Å². The molecule has 0 N–H and O–H groups in total. The van der Waals surface area contributed by atoms with Crippen LogP contribution in [0, 0.1) is 12.8 Å². The smallest absolute Gasteiger partial charge is 0.312 e. The summed E-state index contributed by atoms with van der Waals surface area (Å²) in [6.45, 7) is 1.63. The second-order valence-electron chi connectivity index (χ2n) is 5.28. The quantitative estimate of drug-likeness (QED) is 0.783. The maximum atomic E-state index is 12.8. The minimum Gasteiger partial charge on any atom is -0.312 e. The van der Waals surface area contributed by atoms with Gasteiger partial charge >= 0.3 is 6.18 Å². The molecule has 1 fully saturated rings. The topological polar surface area (TPSA) is 54.5 Å². The van der Waals surface area contributed by atoms with E-state index in [-0.39, 0.29) is 24.4 Å². The first-order valence-corrected chi connectivity index (χ1v) is 8.86. The first-order valence-electron chi connectivity index (χ1n) is 6.38. The summed E-state index contributed by atoms with van der Waals surface area (Å²) >= 11 is 0.